The van der Waals surface area contributed by atoms with Crippen LogP contribution in [0.5, 0.6) is 5.75 Å². The molecule has 0 atom stereocenters. The number of carbonyl (C=O) groups excluding carboxylic acids is 2. The second-order valence-corrected chi connectivity index (χ2v) is 7.37. The molecule has 2 heterocycles. The Hall–Kier alpha value is -4.31. The number of hydrogen-bond acceptors (Lipinski definition) is 9. The van der Waals surface area contributed by atoms with Crippen molar-refractivity contribution in [2.24, 2.45) is 4.99 Å². The van der Waals surface area contributed by atoms with Gasteiger partial charge < -0.3 is 9.47 Å². The fourth-order valence-corrected chi connectivity index (χ4v) is 3.51. The van der Waals surface area contributed by atoms with Crippen molar-refractivity contribution >= 4 is 28.6 Å². The third-order valence-corrected chi connectivity index (χ3v) is 5.18. The molecule has 0 saturated heterocycles. The average molecular weight is 460 g/mol. The number of aryl methyl sites for hydroxylation is 1. The van der Waals surface area contributed by atoms with Crippen LogP contribution in [0.25, 0.3) is 11.0 Å². The van der Waals surface area contributed by atoms with Gasteiger partial charge in [-0.1, -0.05) is 18.2 Å². The molecule has 2 aromatic carbocycles. The predicted molar refractivity (Wildman–Crippen MR) is 125 cm³/mol. The number of nitrogens with zero attached hydrogens (tertiary/aromatic N) is 4. The number of aromatic nitrogens is 2. The maximum absolute atomic E-state index is 13.2. The van der Waals surface area contributed by atoms with Gasteiger partial charge in [-0.25, -0.2) is 9.78 Å². The first-order valence-corrected chi connectivity index (χ1v) is 10.6. The molecule has 0 spiro atoms. The van der Waals surface area contributed by atoms with Gasteiger partial charge in [0, 0.05) is 6.07 Å². The number of anilines is 1. The Bertz CT molecular complexity index is 1390. The van der Waals surface area contributed by atoms with Gasteiger partial charge in [-0.05, 0) is 45.0 Å². The standard InChI is InChI=1S/C24H24N6O4/c1-5-34-24(32)20-14(2)25-18-11-6-7-12-19(18)26-22(20)27-23(31)21-15(3)30(29-28-21)16-9-8-10-17(13-16)33-4/h6-13,28-29H,5H2,1-4H3. The molecule has 3 aromatic rings. The smallest absolute Gasteiger partial charge is 0.343 e. The summed E-state index contributed by atoms with van der Waals surface area (Å²) >= 11 is 0. The number of fused-ring (bicyclic) bond motifs is 1. The maximum atomic E-state index is 13.2. The zero-order chi connectivity index (χ0) is 24.2. The number of para-hydroxylation sites is 2. The van der Waals surface area contributed by atoms with E-state index in [1.165, 1.54) is 0 Å². The Labute approximate surface area is 195 Å². The molecule has 1 aromatic heterocycles. The molecule has 4 rings (SSSR count). The molecule has 0 saturated carbocycles. The predicted octanol–water partition coefficient (Wildman–Crippen LogP) is 2.31. The van der Waals surface area contributed by atoms with Crippen LogP contribution in [0.1, 0.15) is 29.9 Å². The van der Waals surface area contributed by atoms with E-state index in [1.54, 1.807) is 51.1 Å². The minimum absolute atomic E-state index is 0.0419. The lowest BCUT2D eigenvalue weighted by Gasteiger charge is -2.19. The Morgan fingerprint density at radius 3 is 2.50 bits per heavy atom. The number of hydrazine groups is 2. The fraction of sp³-hybridized carbons (Fsp3) is 0.208. The molecule has 34 heavy (non-hydrogen) atoms. The number of methoxy groups -OCH3 is 1. The summed E-state index contributed by atoms with van der Waals surface area (Å²) in [6, 6.07) is 14.5. The Morgan fingerprint density at radius 2 is 1.79 bits per heavy atom. The number of hydrogen-bond donors (Lipinski definition) is 2. The van der Waals surface area contributed by atoms with Crippen molar-refractivity contribution in [3.63, 3.8) is 0 Å². The summed E-state index contributed by atoms with van der Waals surface area (Å²) in [4.78, 5) is 39.1. The summed E-state index contributed by atoms with van der Waals surface area (Å²) < 4.78 is 10.5. The minimum atomic E-state index is -0.645. The highest BCUT2D eigenvalue weighted by molar-refractivity contribution is 5.96. The number of carbonyl (C=O) groups is 2. The average Bonchev–Trinajstić information content (AvgIpc) is 3.15. The van der Waals surface area contributed by atoms with Crippen molar-refractivity contribution in [3.05, 3.63) is 76.7 Å². The highest BCUT2D eigenvalue weighted by Crippen LogP contribution is 2.25. The first-order valence-electron chi connectivity index (χ1n) is 10.6. The van der Waals surface area contributed by atoms with E-state index in [2.05, 4.69) is 25.9 Å². The molecule has 10 nitrogen and oxygen atoms in total. The molecule has 1 aliphatic rings. The SMILES string of the molecule is CCOC(=O)c1c(C)nc2ccccc2nc1=NC(=O)C1=C(C)N(c2cccc(OC)c2)NN1. The lowest BCUT2D eigenvalue weighted by Crippen LogP contribution is -2.38. The van der Waals surface area contributed by atoms with Crippen molar-refractivity contribution in [2.45, 2.75) is 20.8 Å². The summed E-state index contributed by atoms with van der Waals surface area (Å²) in [5, 5.41) is 1.69. The van der Waals surface area contributed by atoms with Gasteiger partial charge in [0.25, 0.3) is 5.91 Å². The number of rotatable bonds is 5. The monoisotopic (exact) mass is 460 g/mol. The van der Waals surface area contributed by atoms with Gasteiger partial charge in [0.15, 0.2) is 5.49 Å². The Kier molecular flexibility index (Phi) is 6.51. The molecule has 1 aliphatic heterocycles. The van der Waals surface area contributed by atoms with Gasteiger partial charge in [0.1, 0.15) is 17.0 Å². The lowest BCUT2D eigenvalue weighted by molar-refractivity contribution is -0.115. The van der Waals surface area contributed by atoms with Gasteiger partial charge in [-0.3, -0.25) is 20.2 Å². The van der Waals surface area contributed by atoms with Crippen molar-refractivity contribution < 1.29 is 19.1 Å². The van der Waals surface area contributed by atoms with Crippen molar-refractivity contribution in [3.8, 4) is 5.75 Å². The number of nitrogens with one attached hydrogen (secondary N) is 2. The highest BCUT2D eigenvalue weighted by Gasteiger charge is 2.26. The molecule has 0 aliphatic carbocycles. The van der Waals surface area contributed by atoms with Crippen LogP contribution in [0, 0.1) is 6.92 Å². The largest absolute Gasteiger partial charge is 0.497 e. The molecule has 2 N–H and O–H groups in total. The van der Waals surface area contributed by atoms with Gasteiger partial charge in [0.2, 0.25) is 0 Å². The fourth-order valence-electron chi connectivity index (χ4n) is 3.51. The van der Waals surface area contributed by atoms with Crippen LogP contribution in [0.2, 0.25) is 0 Å². The van der Waals surface area contributed by atoms with E-state index in [1.807, 2.05) is 30.3 Å². The first kappa shape index (κ1) is 22.9. The van der Waals surface area contributed by atoms with E-state index in [4.69, 9.17) is 9.47 Å². The van der Waals surface area contributed by atoms with Gasteiger partial charge >= 0.3 is 5.97 Å². The van der Waals surface area contributed by atoms with E-state index < -0.39 is 11.9 Å². The van der Waals surface area contributed by atoms with Crippen LogP contribution in [0.15, 0.2) is 64.9 Å². The summed E-state index contributed by atoms with van der Waals surface area (Å²) in [6.07, 6.45) is 0. The summed E-state index contributed by atoms with van der Waals surface area (Å²) in [6.45, 7) is 5.29. The van der Waals surface area contributed by atoms with Crippen LogP contribution in [0.3, 0.4) is 0 Å². The van der Waals surface area contributed by atoms with Crippen molar-refractivity contribution in [2.75, 3.05) is 18.7 Å². The lowest BCUT2D eigenvalue weighted by atomic mass is 10.2. The number of benzene rings is 2. The van der Waals surface area contributed by atoms with E-state index in [-0.39, 0.29) is 23.4 Å². The normalized spacial score (nSPS) is 13.8. The minimum Gasteiger partial charge on any atom is -0.497 e. The zero-order valence-electron chi connectivity index (χ0n) is 19.2. The summed E-state index contributed by atoms with van der Waals surface area (Å²) in [7, 11) is 1.58. The molecule has 10 heteroatoms. The second kappa shape index (κ2) is 9.67. The van der Waals surface area contributed by atoms with Gasteiger partial charge in [-0.15, -0.1) is 5.53 Å². The zero-order valence-corrected chi connectivity index (χ0v) is 19.2. The first-order chi connectivity index (χ1) is 16.4. The number of ether oxygens (including phenoxy) is 2. The molecule has 0 radical (unpaired) electrons. The Balaban J connectivity index is 1.83. The highest BCUT2D eigenvalue weighted by atomic mass is 16.5. The van der Waals surface area contributed by atoms with Crippen LogP contribution in [0.4, 0.5) is 5.69 Å². The van der Waals surface area contributed by atoms with Crippen LogP contribution < -0.4 is 26.2 Å². The number of allylic oxidation sites excluding steroid dienone is 1. The molecule has 0 fully saturated rings. The Morgan fingerprint density at radius 1 is 1.06 bits per heavy atom. The third-order valence-electron chi connectivity index (χ3n) is 5.18. The van der Waals surface area contributed by atoms with Crippen LogP contribution >= 0.6 is 0 Å². The van der Waals surface area contributed by atoms with Crippen molar-refractivity contribution in [1.29, 1.82) is 0 Å². The van der Waals surface area contributed by atoms with Gasteiger partial charge in [0.05, 0.1) is 41.8 Å². The van der Waals surface area contributed by atoms with Crippen molar-refractivity contribution in [1.82, 2.24) is 20.9 Å². The van der Waals surface area contributed by atoms with E-state index in [0.29, 0.717) is 28.2 Å². The molecule has 0 unspecified atom stereocenters. The number of amides is 1. The molecule has 174 valence electrons. The molecular weight excluding hydrogens is 436 g/mol. The summed E-state index contributed by atoms with van der Waals surface area (Å²) in [5.41, 5.74) is 8.76. The second-order valence-electron chi connectivity index (χ2n) is 7.37. The van der Waals surface area contributed by atoms with Crippen LogP contribution in [-0.2, 0) is 9.53 Å². The molecule has 0 bridgehead atoms. The van der Waals surface area contributed by atoms with E-state index in [0.717, 1.165) is 5.69 Å². The summed E-state index contributed by atoms with van der Waals surface area (Å²) in [5.74, 6) is -0.581. The van der Waals surface area contributed by atoms with E-state index >= 15 is 0 Å². The van der Waals surface area contributed by atoms with Crippen LogP contribution in [-0.4, -0.2) is 35.6 Å². The maximum Gasteiger partial charge on any atom is 0.343 e. The quantitative estimate of drug-likeness (QED) is 0.553. The molecule has 1 amide bonds. The molecular formula is C24H24N6O4. The number of esters is 1. The third kappa shape index (κ3) is 4.44. The topological polar surface area (TPSA) is 118 Å². The van der Waals surface area contributed by atoms with Gasteiger partial charge in [-0.2, -0.15) is 4.99 Å². The van der Waals surface area contributed by atoms with E-state index in [9.17, 15) is 9.59 Å².